The highest BCUT2D eigenvalue weighted by molar-refractivity contribution is 7.99. The Balaban J connectivity index is 1.83. The maximum atomic E-state index is 3.81. The lowest BCUT2D eigenvalue weighted by atomic mass is 9.75. The summed E-state index contributed by atoms with van der Waals surface area (Å²) in [5.41, 5.74) is 0.567. The second-order valence-corrected chi connectivity index (χ2v) is 8.76. The molecule has 19 heavy (non-hydrogen) atoms. The summed E-state index contributed by atoms with van der Waals surface area (Å²) in [5, 5.41) is 4.67. The first-order valence-corrected chi connectivity index (χ1v) is 9.50. The van der Waals surface area contributed by atoms with Crippen LogP contribution in [0.1, 0.15) is 72.1 Å². The first kappa shape index (κ1) is 15.7. The Kier molecular flexibility index (Phi) is 6.08. The fraction of sp³-hybridized carbons (Fsp3) is 1.00. The van der Waals surface area contributed by atoms with Gasteiger partial charge in [0.25, 0.3) is 0 Å². The van der Waals surface area contributed by atoms with Gasteiger partial charge in [-0.15, -0.1) is 0 Å². The molecule has 2 aliphatic carbocycles. The van der Waals surface area contributed by atoms with Gasteiger partial charge in [0, 0.05) is 11.3 Å². The van der Waals surface area contributed by atoms with E-state index in [-0.39, 0.29) is 0 Å². The van der Waals surface area contributed by atoms with E-state index in [0.717, 1.165) is 17.2 Å². The molecule has 0 heterocycles. The highest BCUT2D eigenvalue weighted by Gasteiger charge is 2.35. The van der Waals surface area contributed by atoms with Crippen LogP contribution >= 0.6 is 11.8 Å². The average molecular weight is 284 g/mol. The Morgan fingerprint density at radius 1 is 1.16 bits per heavy atom. The molecule has 112 valence electrons. The summed E-state index contributed by atoms with van der Waals surface area (Å²) in [5.74, 6) is 2.45. The lowest BCUT2D eigenvalue weighted by Gasteiger charge is -2.41. The third-order valence-corrected chi connectivity index (χ3v) is 6.60. The molecule has 0 aliphatic heterocycles. The molecule has 1 N–H and O–H groups in total. The van der Waals surface area contributed by atoms with Crippen LogP contribution in [0.25, 0.3) is 0 Å². The van der Waals surface area contributed by atoms with Crippen molar-refractivity contribution in [2.75, 3.05) is 12.3 Å². The maximum absolute atomic E-state index is 3.81. The monoisotopic (exact) mass is 283 g/mol. The molecule has 2 rings (SSSR count). The minimum Gasteiger partial charge on any atom is -0.313 e. The van der Waals surface area contributed by atoms with Gasteiger partial charge in [-0.05, 0) is 62.2 Å². The fourth-order valence-corrected chi connectivity index (χ4v) is 5.58. The molecular formula is C17H33NS. The lowest BCUT2D eigenvalue weighted by Crippen LogP contribution is -2.45. The van der Waals surface area contributed by atoms with Crippen molar-refractivity contribution >= 4 is 11.8 Å². The molecule has 0 spiro atoms. The molecule has 0 radical (unpaired) electrons. The van der Waals surface area contributed by atoms with Crippen molar-refractivity contribution in [2.24, 2.45) is 11.3 Å². The summed E-state index contributed by atoms with van der Waals surface area (Å²) in [6, 6.07) is 0.777. The van der Waals surface area contributed by atoms with Gasteiger partial charge in [0.15, 0.2) is 0 Å². The number of hydrogen-bond acceptors (Lipinski definition) is 2. The normalized spacial score (nSPS) is 31.7. The molecule has 2 aliphatic rings. The van der Waals surface area contributed by atoms with Crippen molar-refractivity contribution in [2.45, 2.75) is 83.4 Å². The van der Waals surface area contributed by atoms with Crippen molar-refractivity contribution in [3.63, 3.8) is 0 Å². The van der Waals surface area contributed by atoms with Crippen molar-refractivity contribution < 1.29 is 0 Å². The molecular weight excluding hydrogens is 250 g/mol. The molecule has 2 saturated carbocycles. The van der Waals surface area contributed by atoms with E-state index in [9.17, 15) is 0 Å². The third kappa shape index (κ3) is 4.97. The van der Waals surface area contributed by atoms with E-state index in [4.69, 9.17) is 0 Å². The fourth-order valence-electron chi connectivity index (χ4n) is 3.70. The van der Waals surface area contributed by atoms with E-state index in [1.807, 2.05) is 0 Å². The molecule has 0 aromatic heterocycles. The molecule has 2 fully saturated rings. The minimum atomic E-state index is 0.567. The summed E-state index contributed by atoms with van der Waals surface area (Å²) in [6.07, 6.45) is 11.4. The zero-order chi connectivity index (χ0) is 13.7. The Morgan fingerprint density at radius 3 is 2.58 bits per heavy atom. The van der Waals surface area contributed by atoms with E-state index >= 15 is 0 Å². The van der Waals surface area contributed by atoms with Gasteiger partial charge in [0.05, 0.1) is 0 Å². The van der Waals surface area contributed by atoms with Gasteiger partial charge in [-0.25, -0.2) is 0 Å². The van der Waals surface area contributed by atoms with Gasteiger partial charge >= 0.3 is 0 Å². The number of hydrogen-bond donors (Lipinski definition) is 1. The summed E-state index contributed by atoms with van der Waals surface area (Å²) < 4.78 is 0. The molecule has 0 aromatic carbocycles. The second kappa shape index (κ2) is 7.36. The van der Waals surface area contributed by atoms with E-state index in [1.54, 1.807) is 0 Å². The highest BCUT2D eigenvalue weighted by atomic mass is 32.2. The predicted molar refractivity (Wildman–Crippen MR) is 87.9 cm³/mol. The van der Waals surface area contributed by atoms with Gasteiger partial charge in [-0.2, -0.15) is 11.8 Å². The van der Waals surface area contributed by atoms with E-state index in [2.05, 4.69) is 37.8 Å². The van der Waals surface area contributed by atoms with Crippen LogP contribution in [0.4, 0.5) is 0 Å². The SMILES string of the molecule is CCCNC1CCC(C)(C)CC1SCC1CCCC1. The van der Waals surface area contributed by atoms with Crippen LogP contribution in [-0.4, -0.2) is 23.6 Å². The van der Waals surface area contributed by atoms with Crippen LogP contribution in [0.2, 0.25) is 0 Å². The van der Waals surface area contributed by atoms with Gasteiger partial charge in [-0.3, -0.25) is 0 Å². The largest absolute Gasteiger partial charge is 0.313 e. The Bertz CT molecular complexity index is 258. The van der Waals surface area contributed by atoms with Gasteiger partial charge < -0.3 is 5.32 Å². The number of thioether (sulfide) groups is 1. The number of nitrogens with one attached hydrogen (secondary N) is 1. The van der Waals surface area contributed by atoms with Gasteiger partial charge in [0.2, 0.25) is 0 Å². The van der Waals surface area contributed by atoms with Crippen LogP contribution in [0, 0.1) is 11.3 Å². The molecule has 0 amide bonds. The summed E-state index contributed by atoms with van der Waals surface area (Å²) >= 11 is 2.29. The molecule has 0 bridgehead atoms. The van der Waals surface area contributed by atoms with E-state index in [0.29, 0.717) is 5.41 Å². The predicted octanol–water partition coefficient (Wildman–Crippen LogP) is 4.86. The highest BCUT2D eigenvalue weighted by Crippen LogP contribution is 2.42. The molecule has 0 saturated heterocycles. The van der Waals surface area contributed by atoms with Crippen LogP contribution in [0.5, 0.6) is 0 Å². The number of rotatable bonds is 6. The Hall–Kier alpha value is 0.310. The quantitative estimate of drug-likeness (QED) is 0.747. The van der Waals surface area contributed by atoms with Crippen LogP contribution in [0.15, 0.2) is 0 Å². The maximum Gasteiger partial charge on any atom is 0.0206 e. The smallest absolute Gasteiger partial charge is 0.0206 e. The minimum absolute atomic E-state index is 0.567. The van der Waals surface area contributed by atoms with Crippen molar-refractivity contribution in [3.8, 4) is 0 Å². The third-order valence-electron chi connectivity index (χ3n) is 5.01. The second-order valence-electron chi connectivity index (χ2n) is 7.49. The topological polar surface area (TPSA) is 12.0 Å². The molecule has 2 unspecified atom stereocenters. The molecule has 2 heteroatoms. The van der Waals surface area contributed by atoms with Gasteiger partial charge in [0.1, 0.15) is 0 Å². The van der Waals surface area contributed by atoms with Crippen LogP contribution < -0.4 is 5.32 Å². The summed E-state index contributed by atoms with van der Waals surface area (Å²) in [6.45, 7) is 8.41. The Morgan fingerprint density at radius 2 is 1.89 bits per heavy atom. The average Bonchev–Trinajstić information content (AvgIpc) is 2.87. The molecule has 2 atom stereocenters. The van der Waals surface area contributed by atoms with Crippen LogP contribution in [0.3, 0.4) is 0 Å². The summed E-state index contributed by atoms with van der Waals surface area (Å²) in [7, 11) is 0. The summed E-state index contributed by atoms with van der Waals surface area (Å²) in [4.78, 5) is 0. The van der Waals surface area contributed by atoms with Crippen molar-refractivity contribution in [1.82, 2.24) is 5.32 Å². The van der Waals surface area contributed by atoms with Crippen molar-refractivity contribution in [3.05, 3.63) is 0 Å². The zero-order valence-electron chi connectivity index (χ0n) is 13.2. The molecule has 1 nitrogen and oxygen atoms in total. The van der Waals surface area contributed by atoms with E-state index < -0.39 is 0 Å². The molecule has 0 aromatic rings. The lowest BCUT2D eigenvalue weighted by molar-refractivity contribution is 0.214. The standard InChI is InChI=1S/C17H33NS/c1-4-11-18-15-9-10-17(2,3)12-16(15)19-13-14-7-5-6-8-14/h14-16,18H,4-13H2,1-3H3. The zero-order valence-corrected chi connectivity index (χ0v) is 14.0. The first-order chi connectivity index (χ1) is 9.11. The van der Waals surface area contributed by atoms with Crippen LogP contribution in [-0.2, 0) is 0 Å². The first-order valence-electron chi connectivity index (χ1n) is 8.46. The van der Waals surface area contributed by atoms with E-state index in [1.165, 1.54) is 63.7 Å². The van der Waals surface area contributed by atoms with Gasteiger partial charge in [-0.1, -0.05) is 33.6 Å². The Labute approximate surface area is 124 Å². The van der Waals surface area contributed by atoms with Crippen molar-refractivity contribution in [1.29, 1.82) is 0 Å².